The number of amides is 2. The number of anilines is 1. The maximum Gasteiger partial charge on any atom is 0.240 e. The van der Waals surface area contributed by atoms with Crippen LogP contribution >= 0.6 is 0 Å². The van der Waals surface area contributed by atoms with Crippen molar-refractivity contribution >= 4 is 23.7 Å². The minimum Gasteiger partial charge on any atom is -0.454 e. The van der Waals surface area contributed by atoms with Crippen LogP contribution in [0.4, 0.5) is 5.69 Å². The Bertz CT molecular complexity index is 926. The van der Waals surface area contributed by atoms with E-state index in [-0.39, 0.29) is 31.4 Å². The van der Waals surface area contributed by atoms with E-state index in [0.29, 0.717) is 18.0 Å². The summed E-state index contributed by atoms with van der Waals surface area (Å²) < 4.78 is 10.6. The number of aryl methyl sites for hydroxylation is 1. The summed E-state index contributed by atoms with van der Waals surface area (Å²) in [6.07, 6.45) is 3.70. The van der Waals surface area contributed by atoms with Crippen molar-refractivity contribution in [3.63, 3.8) is 0 Å². The number of fused-ring (bicyclic) bond motifs is 2. The van der Waals surface area contributed by atoms with E-state index in [2.05, 4.69) is 10.5 Å². The predicted molar refractivity (Wildman–Crippen MR) is 105 cm³/mol. The fraction of sp³-hybridized carbons (Fsp3) is 0.286. The van der Waals surface area contributed by atoms with Crippen LogP contribution in [-0.2, 0) is 16.0 Å². The lowest BCUT2D eigenvalue weighted by Crippen LogP contribution is -2.36. The average molecular weight is 379 g/mol. The summed E-state index contributed by atoms with van der Waals surface area (Å²) in [6, 6.07) is 13.3. The molecule has 0 fully saturated rings. The van der Waals surface area contributed by atoms with Gasteiger partial charge in [-0.3, -0.25) is 9.59 Å². The lowest BCUT2D eigenvalue weighted by Gasteiger charge is -2.29. The zero-order chi connectivity index (χ0) is 19.3. The number of hydrogen-bond donors (Lipinski definition) is 1. The third kappa shape index (κ3) is 3.98. The van der Waals surface area contributed by atoms with Crippen LogP contribution in [0.15, 0.2) is 47.6 Å². The van der Waals surface area contributed by atoms with Gasteiger partial charge < -0.3 is 14.4 Å². The van der Waals surface area contributed by atoms with Crippen molar-refractivity contribution < 1.29 is 19.1 Å². The van der Waals surface area contributed by atoms with Gasteiger partial charge in [0.2, 0.25) is 18.6 Å². The minimum absolute atomic E-state index is 0.0398. The first-order chi connectivity index (χ1) is 13.7. The molecule has 1 N–H and O–H groups in total. The van der Waals surface area contributed by atoms with Crippen LogP contribution in [-0.4, -0.2) is 31.4 Å². The van der Waals surface area contributed by atoms with E-state index in [9.17, 15) is 9.59 Å². The zero-order valence-electron chi connectivity index (χ0n) is 15.4. The predicted octanol–water partition coefficient (Wildman–Crippen LogP) is 2.63. The van der Waals surface area contributed by atoms with Crippen molar-refractivity contribution in [2.75, 3.05) is 18.2 Å². The van der Waals surface area contributed by atoms with Gasteiger partial charge in [0, 0.05) is 25.1 Å². The number of para-hydroxylation sites is 1. The maximum atomic E-state index is 12.6. The normalized spacial score (nSPS) is 14.8. The van der Waals surface area contributed by atoms with E-state index in [1.54, 1.807) is 17.0 Å². The standard InChI is InChI=1S/C21H21N3O4/c25-20(23-22-13-15-7-8-18-19(12-15)28-14-27-18)9-10-21(26)24-11-3-5-16-4-1-2-6-17(16)24/h1-2,4,6-8,12-13H,3,5,9-11,14H2,(H,23,25). The molecule has 2 aromatic rings. The molecule has 4 rings (SSSR count). The summed E-state index contributed by atoms with van der Waals surface area (Å²) in [5.41, 5.74) is 5.39. The molecular weight excluding hydrogens is 358 g/mol. The highest BCUT2D eigenvalue weighted by atomic mass is 16.7. The second kappa shape index (κ2) is 8.12. The van der Waals surface area contributed by atoms with Gasteiger partial charge in [-0.05, 0) is 48.2 Å². The number of rotatable bonds is 5. The number of nitrogens with one attached hydrogen (secondary N) is 1. The lowest BCUT2D eigenvalue weighted by molar-refractivity contribution is -0.125. The monoisotopic (exact) mass is 379 g/mol. The van der Waals surface area contributed by atoms with Gasteiger partial charge in [0.25, 0.3) is 0 Å². The molecule has 0 aromatic heterocycles. The first kappa shape index (κ1) is 18.0. The molecule has 7 heteroatoms. The molecule has 0 unspecified atom stereocenters. The fourth-order valence-electron chi connectivity index (χ4n) is 3.38. The highest BCUT2D eigenvalue weighted by Gasteiger charge is 2.22. The van der Waals surface area contributed by atoms with Gasteiger partial charge in [-0.25, -0.2) is 5.43 Å². The van der Waals surface area contributed by atoms with Gasteiger partial charge in [0.15, 0.2) is 11.5 Å². The highest BCUT2D eigenvalue weighted by Crippen LogP contribution is 2.32. The van der Waals surface area contributed by atoms with Gasteiger partial charge >= 0.3 is 0 Å². The van der Waals surface area contributed by atoms with Crippen molar-refractivity contribution in [1.29, 1.82) is 0 Å². The highest BCUT2D eigenvalue weighted by molar-refractivity contribution is 5.96. The number of nitrogens with zero attached hydrogens (tertiary/aromatic N) is 2. The van der Waals surface area contributed by atoms with E-state index in [1.165, 1.54) is 11.8 Å². The SMILES string of the molecule is O=C(CCC(=O)N1CCCc2ccccc21)NN=Cc1ccc2c(c1)OCO2. The Morgan fingerprint density at radius 1 is 1.11 bits per heavy atom. The second-order valence-corrected chi connectivity index (χ2v) is 6.68. The Kier molecular flexibility index (Phi) is 5.23. The van der Waals surface area contributed by atoms with E-state index < -0.39 is 0 Å². The molecule has 0 saturated heterocycles. The fourth-order valence-corrected chi connectivity index (χ4v) is 3.38. The number of carbonyl (C=O) groups is 2. The third-order valence-corrected chi connectivity index (χ3v) is 4.78. The van der Waals surface area contributed by atoms with Crippen LogP contribution in [0.3, 0.4) is 0 Å². The molecule has 0 bridgehead atoms. The first-order valence-corrected chi connectivity index (χ1v) is 9.30. The van der Waals surface area contributed by atoms with Crippen molar-refractivity contribution in [2.45, 2.75) is 25.7 Å². The summed E-state index contributed by atoms with van der Waals surface area (Å²) >= 11 is 0. The quantitative estimate of drug-likeness (QED) is 0.640. The van der Waals surface area contributed by atoms with Crippen LogP contribution in [0.1, 0.15) is 30.4 Å². The summed E-state index contributed by atoms with van der Waals surface area (Å²) in [4.78, 5) is 26.3. The molecule has 2 aliphatic rings. The van der Waals surface area contributed by atoms with Gasteiger partial charge in [-0.15, -0.1) is 0 Å². The molecular formula is C21H21N3O4. The molecule has 7 nitrogen and oxygen atoms in total. The van der Waals surface area contributed by atoms with E-state index in [0.717, 1.165) is 24.1 Å². The summed E-state index contributed by atoms with van der Waals surface area (Å²) in [5.74, 6) is 1.01. The number of carbonyl (C=O) groups excluding carboxylic acids is 2. The third-order valence-electron chi connectivity index (χ3n) is 4.78. The molecule has 0 radical (unpaired) electrons. The van der Waals surface area contributed by atoms with E-state index in [1.807, 2.05) is 30.3 Å². The molecule has 2 aromatic carbocycles. The molecule has 0 atom stereocenters. The van der Waals surface area contributed by atoms with E-state index >= 15 is 0 Å². The Morgan fingerprint density at radius 3 is 2.89 bits per heavy atom. The molecule has 28 heavy (non-hydrogen) atoms. The topological polar surface area (TPSA) is 80.2 Å². The van der Waals surface area contributed by atoms with Crippen LogP contribution in [0.2, 0.25) is 0 Å². The maximum absolute atomic E-state index is 12.6. The number of ether oxygens (including phenoxy) is 2. The number of hydrazone groups is 1. The minimum atomic E-state index is -0.296. The first-order valence-electron chi connectivity index (χ1n) is 9.30. The summed E-state index contributed by atoms with van der Waals surface area (Å²) in [6.45, 7) is 0.905. The molecule has 2 amide bonds. The second-order valence-electron chi connectivity index (χ2n) is 6.68. The van der Waals surface area contributed by atoms with Crippen molar-refractivity contribution in [2.24, 2.45) is 5.10 Å². The molecule has 144 valence electrons. The van der Waals surface area contributed by atoms with Crippen molar-refractivity contribution in [3.05, 3.63) is 53.6 Å². The van der Waals surface area contributed by atoms with Crippen LogP contribution in [0, 0.1) is 0 Å². The van der Waals surface area contributed by atoms with Crippen LogP contribution in [0.25, 0.3) is 0 Å². The zero-order valence-corrected chi connectivity index (χ0v) is 15.4. The Labute approximate surface area is 162 Å². The molecule has 0 aliphatic carbocycles. The number of benzene rings is 2. The van der Waals surface area contributed by atoms with Gasteiger partial charge in [-0.2, -0.15) is 5.10 Å². The molecule has 0 spiro atoms. The average Bonchev–Trinajstić information content (AvgIpc) is 3.19. The van der Waals surface area contributed by atoms with Crippen molar-refractivity contribution in [3.8, 4) is 11.5 Å². The Hall–Kier alpha value is -3.35. The van der Waals surface area contributed by atoms with Gasteiger partial charge in [0.05, 0.1) is 6.21 Å². The van der Waals surface area contributed by atoms with Crippen LogP contribution in [0.5, 0.6) is 11.5 Å². The molecule has 2 heterocycles. The largest absolute Gasteiger partial charge is 0.454 e. The van der Waals surface area contributed by atoms with Crippen molar-refractivity contribution in [1.82, 2.24) is 5.43 Å². The summed E-state index contributed by atoms with van der Waals surface area (Å²) in [7, 11) is 0. The number of hydrogen-bond acceptors (Lipinski definition) is 5. The van der Waals surface area contributed by atoms with E-state index in [4.69, 9.17) is 9.47 Å². The Balaban J connectivity index is 1.27. The van der Waals surface area contributed by atoms with Gasteiger partial charge in [-0.1, -0.05) is 18.2 Å². The van der Waals surface area contributed by atoms with Crippen LogP contribution < -0.4 is 19.8 Å². The Morgan fingerprint density at radius 2 is 1.96 bits per heavy atom. The summed E-state index contributed by atoms with van der Waals surface area (Å²) in [5, 5.41) is 3.95. The smallest absolute Gasteiger partial charge is 0.240 e. The lowest BCUT2D eigenvalue weighted by atomic mass is 10.0. The molecule has 0 saturated carbocycles. The van der Waals surface area contributed by atoms with Gasteiger partial charge in [0.1, 0.15) is 0 Å². The molecule has 2 aliphatic heterocycles.